The maximum absolute atomic E-state index is 13.4. The van der Waals surface area contributed by atoms with Gasteiger partial charge < -0.3 is 16.0 Å². The first-order chi connectivity index (χ1) is 16.3. The van der Waals surface area contributed by atoms with E-state index in [1.54, 1.807) is 26.1 Å². The molecule has 34 heavy (non-hydrogen) atoms. The summed E-state index contributed by atoms with van der Waals surface area (Å²) in [6.07, 6.45) is 1.69. The van der Waals surface area contributed by atoms with Crippen LogP contribution in [-0.4, -0.2) is 41.0 Å². The molecule has 0 aliphatic rings. The number of carbonyl (C=O) groups excluding carboxylic acids is 2. The van der Waals surface area contributed by atoms with E-state index in [2.05, 4.69) is 20.9 Å². The summed E-state index contributed by atoms with van der Waals surface area (Å²) in [5.41, 5.74) is 0.562. The van der Waals surface area contributed by atoms with Crippen molar-refractivity contribution in [3.05, 3.63) is 82.3 Å². The molecule has 0 bridgehead atoms. The molecule has 178 valence electrons. The number of rotatable bonds is 9. The van der Waals surface area contributed by atoms with Crippen molar-refractivity contribution in [2.45, 2.75) is 25.9 Å². The zero-order valence-corrected chi connectivity index (χ0v) is 18.8. The van der Waals surface area contributed by atoms with Gasteiger partial charge in [0.15, 0.2) is 0 Å². The molecule has 0 fully saturated rings. The summed E-state index contributed by atoms with van der Waals surface area (Å²) >= 11 is 0. The fourth-order valence-corrected chi connectivity index (χ4v) is 3.12. The van der Waals surface area contributed by atoms with Crippen LogP contribution in [0.1, 0.15) is 12.5 Å². The molecule has 3 aromatic rings. The SMILES string of the molecule is CNC(C)C(=O)Nc1cnc(-c2ccc(F)cc2)n(CC(=O)NCCc2ccc(F)cc2)c1=O. The predicted molar refractivity (Wildman–Crippen MR) is 124 cm³/mol. The average molecular weight is 469 g/mol. The lowest BCUT2D eigenvalue weighted by molar-refractivity contribution is -0.121. The number of hydrogen-bond donors (Lipinski definition) is 3. The summed E-state index contributed by atoms with van der Waals surface area (Å²) in [6.45, 7) is 1.53. The Labute approximate surface area is 195 Å². The lowest BCUT2D eigenvalue weighted by Crippen LogP contribution is -2.39. The zero-order valence-electron chi connectivity index (χ0n) is 18.8. The Morgan fingerprint density at radius 3 is 2.26 bits per heavy atom. The van der Waals surface area contributed by atoms with Gasteiger partial charge in [-0.25, -0.2) is 13.8 Å². The minimum absolute atomic E-state index is 0.0860. The Kier molecular flexibility index (Phi) is 8.20. The zero-order chi connectivity index (χ0) is 24.7. The van der Waals surface area contributed by atoms with E-state index in [4.69, 9.17) is 0 Å². The molecule has 0 saturated carbocycles. The van der Waals surface area contributed by atoms with Gasteiger partial charge in [-0.2, -0.15) is 0 Å². The lowest BCUT2D eigenvalue weighted by Gasteiger charge is -2.15. The molecule has 0 aliphatic heterocycles. The minimum atomic E-state index is -0.625. The number of nitrogens with zero attached hydrogens (tertiary/aromatic N) is 2. The molecule has 8 nitrogen and oxygen atoms in total. The Morgan fingerprint density at radius 1 is 1.03 bits per heavy atom. The van der Waals surface area contributed by atoms with Crippen molar-refractivity contribution in [2.24, 2.45) is 0 Å². The topological polar surface area (TPSA) is 105 Å². The van der Waals surface area contributed by atoms with Crippen LogP contribution in [0.15, 0.2) is 59.5 Å². The summed E-state index contributed by atoms with van der Waals surface area (Å²) in [5, 5.41) is 8.00. The van der Waals surface area contributed by atoms with Crippen molar-refractivity contribution in [2.75, 3.05) is 18.9 Å². The maximum atomic E-state index is 13.4. The number of aromatic nitrogens is 2. The molecular weight excluding hydrogens is 444 g/mol. The van der Waals surface area contributed by atoms with Crippen LogP contribution in [0.5, 0.6) is 0 Å². The van der Waals surface area contributed by atoms with Gasteiger partial charge in [-0.05, 0) is 62.4 Å². The quantitative estimate of drug-likeness (QED) is 0.445. The Morgan fingerprint density at radius 2 is 1.65 bits per heavy atom. The number of anilines is 1. The molecular formula is C24H25F2N5O3. The van der Waals surface area contributed by atoms with Gasteiger partial charge in [-0.3, -0.25) is 19.0 Å². The van der Waals surface area contributed by atoms with E-state index < -0.39 is 29.2 Å². The second-order valence-corrected chi connectivity index (χ2v) is 7.62. The Hall–Kier alpha value is -3.92. The third kappa shape index (κ3) is 6.32. The highest BCUT2D eigenvalue weighted by Crippen LogP contribution is 2.17. The van der Waals surface area contributed by atoms with Gasteiger partial charge in [-0.1, -0.05) is 12.1 Å². The molecule has 0 saturated heterocycles. The smallest absolute Gasteiger partial charge is 0.278 e. The first-order valence-corrected chi connectivity index (χ1v) is 10.6. The number of amides is 2. The van der Waals surface area contributed by atoms with Crippen molar-refractivity contribution < 1.29 is 18.4 Å². The molecule has 0 aliphatic carbocycles. The Balaban J connectivity index is 1.82. The highest BCUT2D eigenvalue weighted by Gasteiger charge is 2.18. The maximum Gasteiger partial charge on any atom is 0.278 e. The monoisotopic (exact) mass is 469 g/mol. The molecule has 1 unspecified atom stereocenters. The first kappa shape index (κ1) is 24.7. The first-order valence-electron chi connectivity index (χ1n) is 10.6. The average Bonchev–Trinajstić information content (AvgIpc) is 2.83. The molecule has 0 spiro atoms. The number of carbonyl (C=O) groups is 2. The van der Waals surface area contributed by atoms with Crippen LogP contribution in [0, 0.1) is 11.6 Å². The van der Waals surface area contributed by atoms with Gasteiger partial charge in [-0.15, -0.1) is 0 Å². The van der Waals surface area contributed by atoms with Crippen LogP contribution in [0.3, 0.4) is 0 Å². The number of halogens is 2. The highest BCUT2D eigenvalue weighted by molar-refractivity contribution is 5.94. The van der Waals surface area contributed by atoms with Crippen LogP contribution in [0.25, 0.3) is 11.4 Å². The fourth-order valence-electron chi connectivity index (χ4n) is 3.12. The van der Waals surface area contributed by atoms with E-state index in [1.807, 2.05) is 0 Å². The molecule has 1 aromatic heterocycles. The predicted octanol–water partition coefficient (Wildman–Crippen LogP) is 2.09. The Bertz CT molecular complexity index is 1210. The van der Waals surface area contributed by atoms with Gasteiger partial charge in [0.25, 0.3) is 5.56 Å². The van der Waals surface area contributed by atoms with Crippen LogP contribution in [0.4, 0.5) is 14.5 Å². The summed E-state index contributed by atoms with van der Waals surface area (Å²) < 4.78 is 27.5. The van der Waals surface area contributed by atoms with E-state index in [-0.39, 0.29) is 30.4 Å². The van der Waals surface area contributed by atoms with Gasteiger partial charge in [0.2, 0.25) is 11.8 Å². The van der Waals surface area contributed by atoms with E-state index >= 15 is 0 Å². The number of hydrogen-bond acceptors (Lipinski definition) is 5. The second-order valence-electron chi connectivity index (χ2n) is 7.62. The van der Waals surface area contributed by atoms with Crippen LogP contribution in [0.2, 0.25) is 0 Å². The second kappa shape index (κ2) is 11.3. The van der Waals surface area contributed by atoms with E-state index in [9.17, 15) is 23.2 Å². The van der Waals surface area contributed by atoms with Gasteiger partial charge in [0, 0.05) is 12.1 Å². The molecule has 10 heteroatoms. The lowest BCUT2D eigenvalue weighted by atomic mass is 10.1. The van der Waals surface area contributed by atoms with Gasteiger partial charge in [0.1, 0.15) is 29.7 Å². The molecule has 3 N–H and O–H groups in total. The minimum Gasteiger partial charge on any atom is -0.354 e. The van der Waals surface area contributed by atoms with Crippen molar-refractivity contribution in [1.82, 2.24) is 20.2 Å². The van der Waals surface area contributed by atoms with Crippen LogP contribution < -0.4 is 21.5 Å². The summed E-state index contributed by atoms with van der Waals surface area (Å²) in [7, 11) is 1.61. The largest absolute Gasteiger partial charge is 0.354 e. The molecule has 0 radical (unpaired) electrons. The third-order valence-electron chi connectivity index (χ3n) is 5.18. The van der Waals surface area contributed by atoms with Gasteiger partial charge in [0.05, 0.1) is 12.2 Å². The van der Waals surface area contributed by atoms with E-state index in [0.717, 1.165) is 10.1 Å². The van der Waals surface area contributed by atoms with Crippen molar-refractivity contribution in [3.8, 4) is 11.4 Å². The van der Waals surface area contributed by atoms with Crippen molar-refractivity contribution >= 4 is 17.5 Å². The fraction of sp³-hybridized carbons (Fsp3) is 0.250. The highest BCUT2D eigenvalue weighted by atomic mass is 19.1. The normalized spacial score (nSPS) is 11.6. The number of benzene rings is 2. The summed E-state index contributed by atoms with van der Waals surface area (Å²) in [4.78, 5) is 42.2. The van der Waals surface area contributed by atoms with Crippen molar-refractivity contribution in [1.29, 1.82) is 0 Å². The standard InChI is InChI=1S/C24H25F2N5O3/c1-15(27-2)23(33)30-20-13-29-22(17-5-9-19(26)10-6-17)31(24(20)34)14-21(32)28-12-11-16-3-7-18(25)8-4-16/h3-10,13,15,27H,11-12,14H2,1-2H3,(H,28,32)(H,30,33). The van der Waals surface area contributed by atoms with Gasteiger partial charge >= 0.3 is 0 Å². The third-order valence-corrected chi connectivity index (χ3v) is 5.18. The number of likely N-dealkylation sites (N-methyl/N-ethyl adjacent to an activating group) is 1. The number of nitrogens with one attached hydrogen (secondary N) is 3. The van der Waals surface area contributed by atoms with Crippen LogP contribution in [-0.2, 0) is 22.6 Å². The van der Waals surface area contributed by atoms with E-state index in [1.165, 1.54) is 42.6 Å². The molecule has 1 atom stereocenters. The van der Waals surface area contributed by atoms with Crippen LogP contribution >= 0.6 is 0 Å². The summed E-state index contributed by atoms with van der Waals surface area (Å²) in [6, 6.07) is 10.7. The molecule has 2 amide bonds. The van der Waals surface area contributed by atoms with E-state index in [0.29, 0.717) is 12.0 Å². The summed E-state index contributed by atoms with van der Waals surface area (Å²) in [5.74, 6) is -1.55. The molecule has 1 heterocycles. The van der Waals surface area contributed by atoms with Crippen molar-refractivity contribution in [3.63, 3.8) is 0 Å². The molecule has 2 aromatic carbocycles. The molecule has 3 rings (SSSR count).